The quantitative estimate of drug-likeness (QED) is 0.454. The summed E-state index contributed by atoms with van der Waals surface area (Å²) in [6, 6.07) is 9.38. The molecule has 0 spiro atoms. The summed E-state index contributed by atoms with van der Waals surface area (Å²) in [5, 5.41) is 0. The molecule has 0 bridgehead atoms. The highest BCUT2D eigenvalue weighted by atomic mass is 16.5. The van der Waals surface area contributed by atoms with Gasteiger partial charge in [-0.25, -0.2) is 4.79 Å². The smallest absolute Gasteiger partial charge is 0.414 e. The molecule has 0 saturated heterocycles. The molecule has 1 aliphatic heterocycles. The van der Waals surface area contributed by atoms with Gasteiger partial charge < -0.3 is 9.47 Å². The van der Waals surface area contributed by atoms with E-state index < -0.39 is 12.1 Å². The summed E-state index contributed by atoms with van der Waals surface area (Å²) in [5.74, 6) is 5.22. The second-order valence-corrected chi connectivity index (χ2v) is 5.38. The van der Waals surface area contributed by atoms with E-state index in [0.29, 0.717) is 26.1 Å². The van der Waals surface area contributed by atoms with Crippen molar-refractivity contribution in [2.45, 2.75) is 25.5 Å². The lowest BCUT2D eigenvalue weighted by Gasteiger charge is -2.22. The minimum Gasteiger partial charge on any atom is -0.452 e. The highest BCUT2D eigenvalue weighted by Crippen LogP contribution is 2.09. The third-order valence-corrected chi connectivity index (χ3v) is 3.50. The first-order chi connectivity index (χ1) is 12.2. The Kier molecular flexibility index (Phi) is 7.48. The largest absolute Gasteiger partial charge is 0.452 e. The van der Waals surface area contributed by atoms with Crippen LogP contribution in [-0.4, -0.2) is 36.5 Å². The number of ketones is 1. The summed E-state index contributed by atoms with van der Waals surface area (Å²) in [5.41, 5.74) is 1.11. The Balaban J connectivity index is 1.71. The molecular formula is C20H21NO4. The van der Waals surface area contributed by atoms with Gasteiger partial charge in [0, 0.05) is 19.2 Å². The van der Waals surface area contributed by atoms with E-state index in [1.54, 1.807) is 24.4 Å². The first-order valence-corrected chi connectivity index (χ1v) is 8.08. The van der Waals surface area contributed by atoms with Gasteiger partial charge in [0.15, 0.2) is 0 Å². The molecule has 2 rings (SSSR count). The van der Waals surface area contributed by atoms with Gasteiger partial charge in [0.05, 0.1) is 13.7 Å². The molecule has 1 aromatic rings. The fraction of sp³-hybridized carbons (Fsp3) is 0.300. The minimum atomic E-state index is -0.512. The normalized spacial score (nSPS) is 15.4. The van der Waals surface area contributed by atoms with Crippen LogP contribution in [0, 0.1) is 11.8 Å². The molecule has 25 heavy (non-hydrogen) atoms. The number of hydrogen-bond donors (Lipinski definition) is 0. The number of ether oxygens (including phenoxy) is 2. The molecule has 5 heteroatoms. The zero-order chi connectivity index (χ0) is 17.9. The molecule has 0 aliphatic carbocycles. The van der Waals surface area contributed by atoms with Gasteiger partial charge in [-0.2, -0.15) is 0 Å². The highest BCUT2D eigenvalue weighted by Gasteiger charge is 2.19. The van der Waals surface area contributed by atoms with Crippen molar-refractivity contribution in [3.8, 4) is 11.8 Å². The fourth-order valence-electron chi connectivity index (χ4n) is 2.21. The van der Waals surface area contributed by atoms with Gasteiger partial charge in [-0.1, -0.05) is 42.3 Å². The molecule has 130 valence electrons. The SMILES string of the molecule is COC(=O)N1C=CC=C[C@@H]1C#CC(=O)CCCOCc1ccccc1. The van der Waals surface area contributed by atoms with Crippen molar-refractivity contribution >= 4 is 11.9 Å². The Hall–Kier alpha value is -2.84. The Morgan fingerprint density at radius 2 is 2.00 bits per heavy atom. The maximum Gasteiger partial charge on any atom is 0.414 e. The van der Waals surface area contributed by atoms with Gasteiger partial charge in [0.1, 0.15) is 6.04 Å². The van der Waals surface area contributed by atoms with Crippen LogP contribution < -0.4 is 0 Å². The number of hydrogen-bond acceptors (Lipinski definition) is 4. The van der Waals surface area contributed by atoms with Gasteiger partial charge >= 0.3 is 6.09 Å². The van der Waals surface area contributed by atoms with Crippen molar-refractivity contribution in [1.29, 1.82) is 0 Å². The Morgan fingerprint density at radius 1 is 1.20 bits per heavy atom. The van der Waals surface area contributed by atoms with Crippen LogP contribution in [0.2, 0.25) is 0 Å². The molecule has 0 radical (unpaired) electrons. The lowest BCUT2D eigenvalue weighted by molar-refractivity contribution is -0.114. The number of methoxy groups -OCH3 is 1. The maximum absolute atomic E-state index is 11.9. The Bertz CT molecular complexity index is 697. The Labute approximate surface area is 147 Å². The van der Waals surface area contributed by atoms with Gasteiger partial charge in [0.25, 0.3) is 0 Å². The van der Waals surface area contributed by atoms with E-state index in [-0.39, 0.29) is 5.78 Å². The summed E-state index contributed by atoms with van der Waals surface area (Å²) in [7, 11) is 1.31. The number of allylic oxidation sites excluding steroid dienone is 2. The molecule has 0 saturated carbocycles. The van der Waals surface area contributed by atoms with E-state index in [1.165, 1.54) is 12.0 Å². The van der Waals surface area contributed by atoms with Gasteiger partial charge in [-0.3, -0.25) is 9.69 Å². The van der Waals surface area contributed by atoms with E-state index >= 15 is 0 Å². The summed E-state index contributed by atoms with van der Waals surface area (Å²) in [6.07, 6.45) is 7.23. The molecular weight excluding hydrogens is 318 g/mol. The standard InChI is InChI=1S/C20H21NO4/c1-24-20(23)21-14-6-5-10-18(21)12-13-19(22)11-7-15-25-16-17-8-3-2-4-9-17/h2-6,8-10,14,18H,7,11,15-16H2,1H3/t18-/m1/s1. The molecule has 1 aliphatic rings. The fourth-order valence-corrected chi connectivity index (χ4v) is 2.21. The number of benzene rings is 1. The molecule has 1 heterocycles. The molecule has 0 unspecified atom stereocenters. The molecule has 0 aromatic heterocycles. The van der Waals surface area contributed by atoms with Crippen LogP contribution in [0.25, 0.3) is 0 Å². The van der Waals surface area contributed by atoms with Crippen molar-refractivity contribution in [2.75, 3.05) is 13.7 Å². The second-order valence-electron chi connectivity index (χ2n) is 5.38. The molecule has 5 nitrogen and oxygen atoms in total. The molecule has 0 N–H and O–H groups in total. The van der Waals surface area contributed by atoms with E-state index in [4.69, 9.17) is 4.74 Å². The number of Topliss-reactive ketones (excluding diaryl/α,β-unsaturated/α-hetero) is 1. The highest BCUT2D eigenvalue weighted by molar-refractivity contribution is 5.95. The molecule has 0 fully saturated rings. The third-order valence-electron chi connectivity index (χ3n) is 3.50. The summed E-state index contributed by atoms with van der Waals surface area (Å²) in [4.78, 5) is 24.8. The van der Waals surface area contributed by atoms with Crippen LogP contribution in [0.1, 0.15) is 18.4 Å². The van der Waals surface area contributed by atoms with Gasteiger partial charge in [-0.05, 0) is 30.1 Å². The first-order valence-electron chi connectivity index (χ1n) is 8.08. The monoisotopic (exact) mass is 339 g/mol. The number of carbonyl (C=O) groups is 2. The maximum atomic E-state index is 11.9. The van der Waals surface area contributed by atoms with Crippen molar-refractivity contribution < 1.29 is 19.1 Å². The van der Waals surface area contributed by atoms with Crippen molar-refractivity contribution in [2.24, 2.45) is 0 Å². The number of rotatable bonds is 6. The van der Waals surface area contributed by atoms with Crippen molar-refractivity contribution in [1.82, 2.24) is 4.90 Å². The number of carbonyl (C=O) groups excluding carboxylic acids is 2. The molecule has 1 amide bonds. The average molecular weight is 339 g/mol. The summed E-state index contributed by atoms with van der Waals surface area (Å²) >= 11 is 0. The van der Waals surface area contributed by atoms with Gasteiger partial charge in [0.2, 0.25) is 5.78 Å². The van der Waals surface area contributed by atoms with E-state index in [0.717, 1.165) is 5.56 Å². The van der Waals surface area contributed by atoms with Crippen molar-refractivity contribution in [3.63, 3.8) is 0 Å². The zero-order valence-electron chi connectivity index (χ0n) is 14.2. The Morgan fingerprint density at radius 3 is 2.76 bits per heavy atom. The lowest BCUT2D eigenvalue weighted by Crippen LogP contribution is -2.35. The van der Waals surface area contributed by atoms with Crippen LogP contribution in [0.3, 0.4) is 0 Å². The van der Waals surface area contributed by atoms with E-state index in [2.05, 4.69) is 16.6 Å². The average Bonchev–Trinajstić information content (AvgIpc) is 2.66. The zero-order valence-corrected chi connectivity index (χ0v) is 14.2. The van der Waals surface area contributed by atoms with Crippen LogP contribution in [-0.2, 0) is 20.9 Å². The predicted molar refractivity (Wildman–Crippen MR) is 94.4 cm³/mol. The lowest BCUT2D eigenvalue weighted by atomic mass is 10.1. The minimum absolute atomic E-state index is 0.170. The molecule has 1 atom stereocenters. The number of nitrogens with zero attached hydrogens (tertiary/aromatic N) is 1. The van der Waals surface area contributed by atoms with Gasteiger partial charge in [-0.15, -0.1) is 0 Å². The van der Waals surface area contributed by atoms with Crippen LogP contribution in [0.5, 0.6) is 0 Å². The van der Waals surface area contributed by atoms with Crippen molar-refractivity contribution in [3.05, 3.63) is 60.3 Å². The topological polar surface area (TPSA) is 55.8 Å². The van der Waals surface area contributed by atoms with Crippen LogP contribution >= 0.6 is 0 Å². The van der Waals surface area contributed by atoms with E-state index in [9.17, 15) is 9.59 Å². The summed E-state index contributed by atoms with van der Waals surface area (Å²) in [6.45, 7) is 1.04. The van der Waals surface area contributed by atoms with Crippen LogP contribution in [0.15, 0.2) is 54.8 Å². The van der Waals surface area contributed by atoms with E-state index in [1.807, 2.05) is 30.3 Å². The third kappa shape index (κ3) is 6.28. The number of amides is 1. The molecule has 1 aromatic carbocycles. The predicted octanol–water partition coefficient (Wildman–Crippen LogP) is 3.08. The first kappa shape index (κ1) is 18.5. The second kappa shape index (κ2) is 10.1. The van der Waals surface area contributed by atoms with Crippen LogP contribution in [0.4, 0.5) is 4.79 Å². The summed E-state index contributed by atoms with van der Waals surface area (Å²) < 4.78 is 10.2.